The van der Waals surface area contributed by atoms with Gasteiger partial charge in [0.1, 0.15) is 5.94 Å². The van der Waals surface area contributed by atoms with Crippen LogP contribution in [0.5, 0.6) is 0 Å². The molecule has 0 N–H and O–H groups in total. The van der Waals surface area contributed by atoms with E-state index < -0.39 is 0 Å². The molecule has 0 radical (unpaired) electrons. The number of hydrogen-bond acceptors (Lipinski definition) is 3. The van der Waals surface area contributed by atoms with E-state index in [0.29, 0.717) is 15.9 Å². The number of thioether (sulfide) groups is 1. The van der Waals surface area contributed by atoms with Crippen LogP contribution in [0.25, 0.3) is 6.08 Å². The first-order valence-corrected chi connectivity index (χ1v) is 5.40. The maximum Gasteiger partial charge on any atom is 0.345 e. The molecule has 4 heteroatoms. The molecule has 0 aliphatic carbocycles. The Balaban J connectivity index is 2.33. The van der Waals surface area contributed by atoms with Crippen molar-refractivity contribution in [1.29, 1.82) is 0 Å². The first kappa shape index (κ1) is 9.62. The summed E-state index contributed by atoms with van der Waals surface area (Å²) in [5.41, 5.74) is 0.843. The van der Waals surface area contributed by atoms with Crippen molar-refractivity contribution in [2.45, 2.75) is 0 Å². The second-order valence-corrected chi connectivity index (χ2v) is 4.10. The van der Waals surface area contributed by atoms with Crippen LogP contribution in [0.1, 0.15) is 5.56 Å². The van der Waals surface area contributed by atoms with Crippen LogP contribution in [-0.4, -0.2) is 11.9 Å². The van der Waals surface area contributed by atoms with Gasteiger partial charge < -0.3 is 4.74 Å². The van der Waals surface area contributed by atoms with E-state index in [2.05, 4.69) is 0 Å². The summed E-state index contributed by atoms with van der Waals surface area (Å²) in [4.78, 5) is 11.7. The van der Waals surface area contributed by atoms with Gasteiger partial charge >= 0.3 is 5.97 Å². The zero-order valence-corrected chi connectivity index (χ0v) is 8.77. The van der Waals surface area contributed by atoms with E-state index in [1.54, 1.807) is 12.1 Å². The molecule has 1 heterocycles. The Kier molecular flexibility index (Phi) is 2.79. The van der Waals surface area contributed by atoms with Crippen LogP contribution in [0.4, 0.5) is 0 Å². The largest absolute Gasteiger partial charge is 0.450 e. The predicted molar refractivity (Wildman–Crippen MR) is 58.0 cm³/mol. The lowest BCUT2D eigenvalue weighted by Gasteiger charge is -1.97. The van der Waals surface area contributed by atoms with E-state index in [9.17, 15) is 4.79 Å². The molecule has 1 aliphatic heterocycles. The average molecular weight is 227 g/mol. The molecule has 1 aliphatic rings. The minimum absolute atomic E-state index is 0.269. The molecule has 0 bridgehead atoms. The van der Waals surface area contributed by atoms with E-state index >= 15 is 0 Å². The van der Waals surface area contributed by atoms with Gasteiger partial charge in [0.2, 0.25) is 0 Å². The molecule has 2 nitrogen and oxygen atoms in total. The molecule has 0 amide bonds. The fourth-order valence-electron chi connectivity index (χ4n) is 1.11. The van der Waals surface area contributed by atoms with E-state index in [4.69, 9.17) is 16.3 Å². The van der Waals surface area contributed by atoms with Gasteiger partial charge in [-0.05, 0) is 17.7 Å². The number of rotatable bonds is 1. The van der Waals surface area contributed by atoms with Crippen molar-refractivity contribution in [2.24, 2.45) is 0 Å². The van der Waals surface area contributed by atoms with E-state index in [1.807, 2.05) is 18.2 Å². The van der Waals surface area contributed by atoms with Crippen LogP contribution < -0.4 is 0 Å². The number of esters is 1. The Hall–Kier alpha value is -0.930. The molecule has 0 unspecified atom stereocenters. The smallest absolute Gasteiger partial charge is 0.345 e. The highest BCUT2D eigenvalue weighted by Gasteiger charge is 2.19. The summed E-state index contributed by atoms with van der Waals surface area (Å²) in [7, 11) is 0. The normalized spacial score (nSPS) is 18.6. The molecule has 72 valence electrons. The van der Waals surface area contributed by atoms with Crippen molar-refractivity contribution in [3.63, 3.8) is 0 Å². The third kappa shape index (κ3) is 1.94. The summed E-state index contributed by atoms with van der Waals surface area (Å²) in [6.45, 7) is 0. The molecule has 0 spiro atoms. The fourth-order valence-corrected chi connectivity index (χ4v) is 1.98. The third-order valence-corrected chi connectivity index (χ3v) is 2.97. The van der Waals surface area contributed by atoms with Crippen LogP contribution in [-0.2, 0) is 9.53 Å². The lowest BCUT2D eigenvalue weighted by atomic mass is 10.2. The molecule has 0 atom stereocenters. The van der Waals surface area contributed by atoms with E-state index in [1.165, 1.54) is 11.8 Å². The highest BCUT2D eigenvalue weighted by molar-refractivity contribution is 8.04. The highest BCUT2D eigenvalue weighted by atomic mass is 35.5. The molecule has 1 aromatic carbocycles. The zero-order valence-electron chi connectivity index (χ0n) is 7.20. The first-order valence-electron chi connectivity index (χ1n) is 4.03. The Morgan fingerprint density at radius 1 is 1.43 bits per heavy atom. The van der Waals surface area contributed by atoms with Crippen LogP contribution in [0.2, 0.25) is 5.02 Å². The van der Waals surface area contributed by atoms with Gasteiger partial charge in [0.05, 0.1) is 4.91 Å². The van der Waals surface area contributed by atoms with Crippen LogP contribution in [0.3, 0.4) is 0 Å². The maximum atomic E-state index is 11.1. The minimum Gasteiger partial charge on any atom is -0.450 e. The Bertz CT molecular complexity index is 401. The van der Waals surface area contributed by atoms with Crippen molar-refractivity contribution >= 4 is 35.4 Å². The van der Waals surface area contributed by atoms with Crippen molar-refractivity contribution < 1.29 is 9.53 Å². The van der Waals surface area contributed by atoms with E-state index in [-0.39, 0.29) is 5.97 Å². The van der Waals surface area contributed by atoms with Crippen LogP contribution in [0, 0.1) is 0 Å². The predicted octanol–water partition coefficient (Wildman–Crippen LogP) is 2.93. The molecule has 0 saturated carbocycles. The summed E-state index contributed by atoms with van der Waals surface area (Å²) >= 11 is 7.33. The first-order chi connectivity index (χ1) is 6.77. The molecule has 0 aromatic heterocycles. The Morgan fingerprint density at radius 3 is 2.86 bits per heavy atom. The van der Waals surface area contributed by atoms with Gasteiger partial charge in [0, 0.05) is 5.02 Å². The van der Waals surface area contributed by atoms with Crippen LogP contribution in [0.15, 0.2) is 29.2 Å². The number of carbonyl (C=O) groups is 1. The summed E-state index contributed by atoms with van der Waals surface area (Å²) in [6.07, 6.45) is 1.75. The van der Waals surface area contributed by atoms with Crippen molar-refractivity contribution in [3.8, 4) is 0 Å². The molecule has 1 fully saturated rings. The van der Waals surface area contributed by atoms with Crippen molar-refractivity contribution in [2.75, 3.05) is 5.94 Å². The average Bonchev–Trinajstić information content (AvgIpc) is 2.56. The van der Waals surface area contributed by atoms with Gasteiger partial charge in [-0.2, -0.15) is 0 Å². The number of halogens is 1. The van der Waals surface area contributed by atoms with Crippen LogP contribution >= 0.6 is 23.4 Å². The van der Waals surface area contributed by atoms with Crippen molar-refractivity contribution in [1.82, 2.24) is 0 Å². The molecular weight excluding hydrogens is 220 g/mol. The standard InChI is InChI=1S/C10H7ClO2S/c11-8-4-2-1-3-7(8)5-9-10(12)13-6-14-9/h1-5H,6H2. The Morgan fingerprint density at radius 2 is 2.21 bits per heavy atom. The zero-order chi connectivity index (χ0) is 9.97. The summed E-state index contributed by atoms with van der Waals surface area (Å²) in [5.74, 6) is 0.129. The number of cyclic esters (lactones) is 1. The van der Waals surface area contributed by atoms with Gasteiger partial charge in [-0.1, -0.05) is 41.6 Å². The lowest BCUT2D eigenvalue weighted by molar-refractivity contribution is -0.134. The quantitative estimate of drug-likeness (QED) is 0.544. The monoisotopic (exact) mass is 226 g/mol. The topological polar surface area (TPSA) is 26.3 Å². The number of benzene rings is 1. The van der Waals surface area contributed by atoms with Gasteiger partial charge in [-0.3, -0.25) is 0 Å². The summed E-state index contributed by atoms with van der Waals surface area (Å²) in [5, 5.41) is 0.639. The number of carbonyl (C=O) groups excluding carboxylic acids is 1. The third-order valence-electron chi connectivity index (χ3n) is 1.80. The second-order valence-electron chi connectivity index (χ2n) is 2.72. The summed E-state index contributed by atoms with van der Waals surface area (Å²) < 4.78 is 4.79. The Labute approximate surface area is 90.9 Å². The fraction of sp³-hybridized carbons (Fsp3) is 0.100. The molecular formula is C10H7ClO2S. The van der Waals surface area contributed by atoms with Gasteiger partial charge in [-0.15, -0.1) is 0 Å². The highest BCUT2D eigenvalue weighted by Crippen LogP contribution is 2.29. The molecule has 14 heavy (non-hydrogen) atoms. The molecule has 1 saturated heterocycles. The van der Waals surface area contributed by atoms with Gasteiger partial charge in [0.25, 0.3) is 0 Å². The summed E-state index contributed by atoms with van der Waals surface area (Å²) in [6, 6.07) is 7.38. The lowest BCUT2D eigenvalue weighted by Crippen LogP contribution is -1.93. The maximum absolute atomic E-state index is 11.1. The van der Waals surface area contributed by atoms with Gasteiger partial charge in [-0.25, -0.2) is 4.79 Å². The SMILES string of the molecule is O=C1OCSC1=Cc1ccccc1Cl. The second kappa shape index (κ2) is 4.07. The van der Waals surface area contributed by atoms with Gasteiger partial charge in [0.15, 0.2) is 0 Å². The minimum atomic E-state index is -0.269. The number of ether oxygens (including phenoxy) is 1. The molecule has 2 rings (SSSR count). The number of hydrogen-bond donors (Lipinski definition) is 0. The van der Waals surface area contributed by atoms with Crippen molar-refractivity contribution in [3.05, 3.63) is 39.8 Å². The van der Waals surface area contributed by atoms with E-state index in [0.717, 1.165) is 5.56 Å². The molecule has 1 aromatic rings.